The number of carbonyl (C=O) groups excluding carboxylic acids is 3. The number of hydrogen-bond acceptors (Lipinski definition) is 4. The second kappa shape index (κ2) is 8.52. The van der Waals surface area contributed by atoms with Crippen LogP contribution >= 0.6 is 0 Å². The highest BCUT2D eigenvalue weighted by Gasteiger charge is 2.40. The van der Waals surface area contributed by atoms with Crippen molar-refractivity contribution in [3.63, 3.8) is 0 Å². The first kappa shape index (κ1) is 19.4. The number of rotatable bonds is 6. The molecular weight excluding hydrogens is 344 g/mol. The van der Waals surface area contributed by atoms with E-state index in [2.05, 4.69) is 10.6 Å². The Hall–Kier alpha value is -2.41. The maximum absolute atomic E-state index is 12.7. The lowest BCUT2D eigenvalue weighted by atomic mass is 9.65. The molecular formula is C20H28N4O3. The molecule has 0 aliphatic heterocycles. The van der Waals surface area contributed by atoms with Crippen molar-refractivity contribution in [3.05, 3.63) is 29.8 Å². The minimum atomic E-state index is -0.465. The Balaban J connectivity index is 1.58. The summed E-state index contributed by atoms with van der Waals surface area (Å²) < 4.78 is 0. The first-order chi connectivity index (χ1) is 12.9. The monoisotopic (exact) mass is 372 g/mol. The number of nitrogens with one attached hydrogen (secondary N) is 2. The van der Waals surface area contributed by atoms with Crippen molar-refractivity contribution in [2.24, 2.45) is 29.2 Å². The number of anilines is 1. The van der Waals surface area contributed by atoms with Crippen molar-refractivity contribution in [3.8, 4) is 0 Å². The van der Waals surface area contributed by atoms with E-state index in [1.54, 1.807) is 24.3 Å². The highest BCUT2D eigenvalue weighted by atomic mass is 16.2. The normalized spacial score (nSPS) is 26.9. The lowest BCUT2D eigenvalue weighted by Gasteiger charge is -2.43. The first-order valence-corrected chi connectivity index (χ1v) is 9.67. The SMILES string of the molecule is NC(=O)CCNC(=O)c1cccc(NC(=O)C2CC3CCCC(C2)C3N)c1. The largest absolute Gasteiger partial charge is 0.370 e. The lowest BCUT2D eigenvalue weighted by Crippen LogP contribution is -2.48. The fourth-order valence-corrected chi connectivity index (χ4v) is 4.39. The summed E-state index contributed by atoms with van der Waals surface area (Å²) >= 11 is 0. The van der Waals surface area contributed by atoms with Crippen LogP contribution in [0.15, 0.2) is 24.3 Å². The maximum Gasteiger partial charge on any atom is 0.251 e. The van der Waals surface area contributed by atoms with Crippen LogP contribution < -0.4 is 22.1 Å². The van der Waals surface area contributed by atoms with Gasteiger partial charge in [-0.05, 0) is 55.7 Å². The number of carbonyl (C=O) groups is 3. The molecule has 7 heteroatoms. The van der Waals surface area contributed by atoms with Crippen molar-refractivity contribution >= 4 is 23.4 Å². The van der Waals surface area contributed by atoms with Crippen LogP contribution in [0.1, 0.15) is 48.9 Å². The molecule has 2 unspecified atom stereocenters. The van der Waals surface area contributed by atoms with Gasteiger partial charge in [-0.15, -0.1) is 0 Å². The van der Waals surface area contributed by atoms with Gasteiger partial charge in [0.2, 0.25) is 11.8 Å². The molecule has 27 heavy (non-hydrogen) atoms. The van der Waals surface area contributed by atoms with Gasteiger partial charge in [0.15, 0.2) is 0 Å². The van der Waals surface area contributed by atoms with Crippen LogP contribution in [0.5, 0.6) is 0 Å². The van der Waals surface area contributed by atoms with Crippen molar-refractivity contribution in [2.75, 3.05) is 11.9 Å². The average molecular weight is 372 g/mol. The van der Waals surface area contributed by atoms with Gasteiger partial charge in [-0.1, -0.05) is 12.5 Å². The minimum Gasteiger partial charge on any atom is -0.370 e. The number of amides is 3. The summed E-state index contributed by atoms with van der Waals surface area (Å²) in [5, 5.41) is 5.59. The third-order valence-corrected chi connectivity index (χ3v) is 5.83. The third-order valence-electron chi connectivity index (χ3n) is 5.83. The van der Waals surface area contributed by atoms with Gasteiger partial charge in [0.1, 0.15) is 0 Å². The summed E-state index contributed by atoms with van der Waals surface area (Å²) in [5.74, 6) is 0.100. The Kier molecular flexibility index (Phi) is 6.11. The van der Waals surface area contributed by atoms with Crippen LogP contribution in [0.25, 0.3) is 0 Å². The predicted octanol–water partition coefficient (Wildman–Crippen LogP) is 1.38. The topological polar surface area (TPSA) is 127 Å². The number of hydrogen-bond donors (Lipinski definition) is 4. The van der Waals surface area contributed by atoms with E-state index in [-0.39, 0.29) is 36.7 Å². The average Bonchev–Trinajstić information content (AvgIpc) is 2.61. The number of benzene rings is 1. The van der Waals surface area contributed by atoms with Crippen molar-refractivity contribution in [1.82, 2.24) is 5.32 Å². The molecule has 2 saturated carbocycles. The molecule has 2 atom stereocenters. The fourth-order valence-electron chi connectivity index (χ4n) is 4.39. The van der Waals surface area contributed by atoms with E-state index in [1.807, 2.05) is 0 Å². The molecule has 3 rings (SSSR count). The zero-order valence-corrected chi connectivity index (χ0v) is 15.4. The second-order valence-electron chi connectivity index (χ2n) is 7.74. The Bertz CT molecular complexity index is 707. The molecule has 0 spiro atoms. The molecule has 0 heterocycles. The van der Waals surface area contributed by atoms with E-state index >= 15 is 0 Å². The van der Waals surface area contributed by atoms with Gasteiger partial charge < -0.3 is 22.1 Å². The summed E-state index contributed by atoms with van der Waals surface area (Å²) in [6.07, 6.45) is 5.22. The summed E-state index contributed by atoms with van der Waals surface area (Å²) in [4.78, 5) is 35.6. The number of primary amides is 1. The molecule has 0 radical (unpaired) electrons. The molecule has 1 aromatic rings. The molecule has 6 N–H and O–H groups in total. The minimum absolute atomic E-state index is 0.00471. The van der Waals surface area contributed by atoms with Gasteiger partial charge >= 0.3 is 0 Å². The number of fused-ring (bicyclic) bond motifs is 2. The highest BCUT2D eigenvalue weighted by Crippen LogP contribution is 2.42. The Morgan fingerprint density at radius 1 is 1.11 bits per heavy atom. The summed E-state index contributed by atoms with van der Waals surface area (Å²) in [6, 6.07) is 7.04. The summed E-state index contributed by atoms with van der Waals surface area (Å²) in [6.45, 7) is 0.190. The van der Waals surface area contributed by atoms with Crippen LogP contribution in [-0.2, 0) is 9.59 Å². The second-order valence-corrected chi connectivity index (χ2v) is 7.74. The van der Waals surface area contributed by atoms with E-state index in [0.717, 1.165) is 25.7 Å². The molecule has 0 aromatic heterocycles. The van der Waals surface area contributed by atoms with Gasteiger partial charge in [-0.2, -0.15) is 0 Å². The zero-order chi connectivity index (χ0) is 19.4. The third kappa shape index (κ3) is 4.86. The quantitative estimate of drug-likeness (QED) is 0.601. The molecule has 1 aromatic carbocycles. The van der Waals surface area contributed by atoms with Crippen molar-refractivity contribution < 1.29 is 14.4 Å². The van der Waals surface area contributed by atoms with Crippen LogP contribution in [0, 0.1) is 17.8 Å². The van der Waals surface area contributed by atoms with E-state index in [1.165, 1.54) is 6.42 Å². The van der Waals surface area contributed by atoms with Gasteiger partial charge in [-0.25, -0.2) is 0 Å². The van der Waals surface area contributed by atoms with E-state index in [9.17, 15) is 14.4 Å². The first-order valence-electron chi connectivity index (χ1n) is 9.67. The molecule has 0 saturated heterocycles. The molecule has 2 aliphatic carbocycles. The number of nitrogens with two attached hydrogens (primary N) is 2. The van der Waals surface area contributed by atoms with Crippen molar-refractivity contribution in [2.45, 2.75) is 44.6 Å². The van der Waals surface area contributed by atoms with E-state index < -0.39 is 5.91 Å². The maximum atomic E-state index is 12.7. The highest BCUT2D eigenvalue weighted by molar-refractivity contribution is 5.97. The Morgan fingerprint density at radius 2 is 1.81 bits per heavy atom. The molecule has 3 amide bonds. The molecule has 146 valence electrons. The van der Waals surface area contributed by atoms with Crippen LogP contribution in [-0.4, -0.2) is 30.3 Å². The van der Waals surface area contributed by atoms with Gasteiger partial charge in [0, 0.05) is 36.2 Å². The van der Waals surface area contributed by atoms with E-state index in [4.69, 9.17) is 11.5 Å². The van der Waals surface area contributed by atoms with Gasteiger partial charge in [0.05, 0.1) is 0 Å². The van der Waals surface area contributed by atoms with Crippen LogP contribution in [0.3, 0.4) is 0 Å². The van der Waals surface area contributed by atoms with Gasteiger partial charge in [-0.3, -0.25) is 14.4 Å². The summed E-state index contributed by atoms with van der Waals surface area (Å²) in [5.41, 5.74) is 12.4. The predicted molar refractivity (Wildman–Crippen MR) is 103 cm³/mol. The van der Waals surface area contributed by atoms with E-state index in [0.29, 0.717) is 23.1 Å². The lowest BCUT2D eigenvalue weighted by molar-refractivity contribution is -0.122. The smallest absolute Gasteiger partial charge is 0.251 e. The Morgan fingerprint density at radius 3 is 2.48 bits per heavy atom. The molecule has 2 bridgehead atoms. The van der Waals surface area contributed by atoms with Gasteiger partial charge in [0.25, 0.3) is 5.91 Å². The Labute approximate surface area is 159 Å². The van der Waals surface area contributed by atoms with Crippen LogP contribution in [0.2, 0.25) is 0 Å². The summed E-state index contributed by atoms with van der Waals surface area (Å²) in [7, 11) is 0. The fraction of sp³-hybridized carbons (Fsp3) is 0.550. The van der Waals surface area contributed by atoms with Crippen molar-refractivity contribution in [1.29, 1.82) is 0 Å². The standard InChI is InChI=1S/C20H28N4O3/c21-17(25)7-8-23-19(26)14-5-2-6-16(11-14)24-20(27)15-9-12-3-1-4-13(10-15)18(12)22/h2,5-6,11-13,15,18H,1,3-4,7-10,22H2,(H2,21,25)(H,23,26)(H,24,27). The molecule has 7 nitrogen and oxygen atoms in total. The zero-order valence-electron chi connectivity index (χ0n) is 15.4. The van der Waals surface area contributed by atoms with Crippen LogP contribution in [0.4, 0.5) is 5.69 Å². The molecule has 2 fully saturated rings. The molecule has 2 aliphatic rings.